The van der Waals surface area contributed by atoms with Gasteiger partial charge in [0.1, 0.15) is 5.52 Å². The number of imidazole rings is 1. The number of benzene rings is 1. The quantitative estimate of drug-likeness (QED) is 0.722. The highest BCUT2D eigenvalue weighted by atomic mass is 35.5. The van der Waals surface area contributed by atoms with Crippen LogP contribution in [0, 0.1) is 0 Å². The molecule has 0 aliphatic carbocycles. The summed E-state index contributed by atoms with van der Waals surface area (Å²) in [4.78, 5) is 19.9. The van der Waals surface area contributed by atoms with E-state index in [-0.39, 0.29) is 12.1 Å². The fraction of sp³-hybridized carbons (Fsp3) is 0.278. The highest BCUT2D eigenvalue weighted by molar-refractivity contribution is 6.34. The van der Waals surface area contributed by atoms with Crippen LogP contribution in [0.1, 0.15) is 43.1 Å². The van der Waals surface area contributed by atoms with Crippen LogP contribution in [0.3, 0.4) is 0 Å². The Kier molecular flexibility index (Phi) is 4.63. The van der Waals surface area contributed by atoms with Crippen molar-refractivity contribution in [2.75, 3.05) is 0 Å². The number of rotatable bonds is 5. The molecule has 2 aromatic heterocycles. The Labute approximate surface area is 150 Å². The Hall–Kier alpha value is -2.60. The second-order valence-electron chi connectivity index (χ2n) is 5.85. The fourth-order valence-corrected chi connectivity index (χ4v) is 3.38. The van der Waals surface area contributed by atoms with Crippen LogP contribution in [0.25, 0.3) is 22.3 Å². The molecule has 0 aliphatic rings. The summed E-state index contributed by atoms with van der Waals surface area (Å²) in [5.74, 6) is -0.514. The van der Waals surface area contributed by atoms with Crippen LogP contribution in [0.15, 0.2) is 30.5 Å². The molecule has 0 radical (unpaired) electrons. The van der Waals surface area contributed by atoms with Crippen molar-refractivity contribution in [2.24, 2.45) is 5.73 Å². The molecule has 0 saturated heterocycles. The summed E-state index contributed by atoms with van der Waals surface area (Å²) in [5, 5.41) is 10.8. The Morgan fingerprint density at radius 3 is 2.72 bits per heavy atom. The van der Waals surface area contributed by atoms with Gasteiger partial charge in [0.25, 0.3) is 6.01 Å². The summed E-state index contributed by atoms with van der Waals surface area (Å²) in [7, 11) is 0. The molecule has 0 saturated carbocycles. The number of primary amides is 1. The fourth-order valence-electron chi connectivity index (χ4n) is 3.13. The summed E-state index contributed by atoms with van der Waals surface area (Å²) >= 11 is 6.44. The number of nitrogens with two attached hydrogens (primary N) is 1. The van der Waals surface area contributed by atoms with Crippen molar-refractivity contribution in [2.45, 2.75) is 32.7 Å². The van der Waals surface area contributed by atoms with Crippen molar-refractivity contribution in [1.82, 2.24) is 14.5 Å². The van der Waals surface area contributed by atoms with Crippen LogP contribution >= 0.6 is 11.6 Å². The van der Waals surface area contributed by atoms with Crippen LogP contribution in [-0.2, 0) is 0 Å². The minimum Gasteiger partial charge on any atom is -0.480 e. The molecule has 2 heterocycles. The van der Waals surface area contributed by atoms with Gasteiger partial charge in [-0.3, -0.25) is 9.36 Å². The third-order valence-corrected chi connectivity index (χ3v) is 4.68. The van der Waals surface area contributed by atoms with Gasteiger partial charge in [-0.2, -0.15) is 4.98 Å². The molecule has 0 spiro atoms. The van der Waals surface area contributed by atoms with Crippen molar-refractivity contribution < 1.29 is 9.90 Å². The zero-order valence-electron chi connectivity index (χ0n) is 14.0. The summed E-state index contributed by atoms with van der Waals surface area (Å²) < 4.78 is 1.76. The SMILES string of the molecule is CCC(CC)n1c(O)nc2ncc(Cl)c(-c3cccc(C(N)=O)c3)c21. The molecule has 0 bridgehead atoms. The van der Waals surface area contributed by atoms with Crippen LogP contribution in [-0.4, -0.2) is 25.5 Å². The van der Waals surface area contributed by atoms with Gasteiger partial charge < -0.3 is 10.8 Å². The second-order valence-corrected chi connectivity index (χ2v) is 6.26. The Balaban J connectivity index is 2.36. The Morgan fingerprint density at radius 1 is 1.36 bits per heavy atom. The number of carbonyl (C=O) groups excluding carboxylic acids is 1. The lowest BCUT2D eigenvalue weighted by atomic mass is 10.0. The summed E-state index contributed by atoms with van der Waals surface area (Å²) in [5.41, 5.74) is 8.24. The lowest BCUT2D eigenvalue weighted by molar-refractivity contribution is 0.100. The average Bonchev–Trinajstić information content (AvgIpc) is 2.93. The minimum absolute atomic E-state index is 0.0586. The predicted molar refractivity (Wildman–Crippen MR) is 97.8 cm³/mol. The van der Waals surface area contributed by atoms with Gasteiger partial charge in [0.15, 0.2) is 5.65 Å². The molecular formula is C18H19ClN4O2. The first-order chi connectivity index (χ1) is 12.0. The van der Waals surface area contributed by atoms with E-state index in [9.17, 15) is 9.90 Å². The first-order valence-corrected chi connectivity index (χ1v) is 8.51. The van der Waals surface area contributed by atoms with E-state index in [1.54, 1.807) is 22.8 Å². The standard InChI is InChI=1S/C18H19ClN4O2/c1-3-12(4-2)23-15-14(10-6-5-7-11(8-10)16(20)24)13(19)9-21-17(15)22-18(23)25/h5-9,12H,3-4H2,1-2H3,(H2,20,24)(H,21,22,25). The van der Waals surface area contributed by atoms with Crippen LogP contribution in [0.4, 0.5) is 0 Å². The van der Waals surface area contributed by atoms with Gasteiger partial charge in [-0.15, -0.1) is 0 Å². The number of aromatic nitrogens is 3. The van der Waals surface area contributed by atoms with Crippen molar-refractivity contribution in [3.05, 3.63) is 41.0 Å². The zero-order valence-corrected chi connectivity index (χ0v) is 14.8. The molecule has 0 fully saturated rings. The van der Waals surface area contributed by atoms with Gasteiger partial charge in [0.05, 0.1) is 5.02 Å². The largest absolute Gasteiger partial charge is 0.480 e. The van der Waals surface area contributed by atoms with Gasteiger partial charge in [-0.05, 0) is 30.5 Å². The van der Waals surface area contributed by atoms with Gasteiger partial charge in [-0.1, -0.05) is 37.6 Å². The van der Waals surface area contributed by atoms with Gasteiger partial charge in [-0.25, -0.2) is 4.98 Å². The van der Waals surface area contributed by atoms with E-state index in [2.05, 4.69) is 9.97 Å². The number of carbonyl (C=O) groups is 1. The summed E-state index contributed by atoms with van der Waals surface area (Å²) in [6, 6.07) is 6.89. The molecular weight excluding hydrogens is 340 g/mol. The van der Waals surface area contributed by atoms with Crippen molar-refractivity contribution in [3.8, 4) is 17.1 Å². The highest BCUT2D eigenvalue weighted by Gasteiger charge is 2.22. The Bertz CT molecular complexity index is 948. The molecule has 6 nitrogen and oxygen atoms in total. The van der Waals surface area contributed by atoms with E-state index in [0.717, 1.165) is 18.4 Å². The van der Waals surface area contributed by atoms with E-state index in [1.165, 1.54) is 6.20 Å². The number of fused-ring (bicyclic) bond motifs is 1. The summed E-state index contributed by atoms with van der Waals surface area (Å²) in [6.45, 7) is 4.09. The molecule has 0 aliphatic heterocycles. The molecule has 130 valence electrons. The normalized spacial score (nSPS) is 11.4. The first kappa shape index (κ1) is 17.2. The third-order valence-electron chi connectivity index (χ3n) is 4.39. The molecule has 3 aromatic rings. The lowest BCUT2D eigenvalue weighted by Gasteiger charge is -2.18. The topological polar surface area (TPSA) is 94.0 Å². The molecule has 1 amide bonds. The number of nitrogens with zero attached hydrogens (tertiary/aromatic N) is 3. The number of pyridine rings is 1. The number of hydrogen-bond acceptors (Lipinski definition) is 4. The molecule has 3 N–H and O–H groups in total. The van der Waals surface area contributed by atoms with E-state index in [0.29, 0.717) is 27.3 Å². The molecule has 0 unspecified atom stereocenters. The van der Waals surface area contributed by atoms with E-state index in [1.807, 2.05) is 19.9 Å². The van der Waals surface area contributed by atoms with Gasteiger partial charge in [0.2, 0.25) is 5.91 Å². The van der Waals surface area contributed by atoms with E-state index >= 15 is 0 Å². The van der Waals surface area contributed by atoms with E-state index < -0.39 is 5.91 Å². The van der Waals surface area contributed by atoms with Crippen LogP contribution < -0.4 is 5.73 Å². The number of halogens is 1. The molecule has 0 atom stereocenters. The molecule has 7 heteroatoms. The van der Waals surface area contributed by atoms with Crippen molar-refractivity contribution >= 4 is 28.7 Å². The minimum atomic E-state index is -0.514. The number of amides is 1. The van der Waals surface area contributed by atoms with Crippen LogP contribution in [0.2, 0.25) is 5.02 Å². The predicted octanol–water partition coefficient (Wildman–Crippen LogP) is 3.92. The van der Waals surface area contributed by atoms with Gasteiger partial charge >= 0.3 is 0 Å². The number of hydrogen-bond donors (Lipinski definition) is 2. The van der Waals surface area contributed by atoms with Gasteiger partial charge in [0, 0.05) is 23.4 Å². The van der Waals surface area contributed by atoms with Crippen molar-refractivity contribution in [3.63, 3.8) is 0 Å². The first-order valence-electron chi connectivity index (χ1n) is 8.13. The monoisotopic (exact) mass is 358 g/mol. The smallest absolute Gasteiger partial charge is 0.296 e. The third kappa shape index (κ3) is 2.93. The lowest BCUT2D eigenvalue weighted by Crippen LogP contribution is -2.11. The van der Waals surface area contributed by atoms with Crippen molar-refractivity contribution in [1.29, 1.82) is 0 Å². The van der Waals surface area contributed by atoms with E-state index in [4.69, 9.17) is 17.3 Å². The molecule has 25 heavy (non-hydrogen) atoms. The maximum Gasteiger partial charge on any atom is 0.296 e. The second kappa shape index (κ2) is 6.72. The Morgan fingerprint density at radius 2 is 2.08 bits per heavy atom. The number of aromatic hydroxyl groups is 1. The molecule has 3 rings (SSSR count). The average molecular weight is 359 g/mol. The maximum atomic E-state index is 11.5. The van der Waals surface area contributed by atoms with Crippen LogP contribution in [0.5, 0.6) is 6.01 Å². The zero-order chi connectivity index (χ0) is 18.1. The summed E-state index contributed by atoms with van der Waals surface area (Å²) in [6.07, 6.45) is 3.14. The molecule has 1 aromatic carbocycles. The maximum absolute atomic E-state index is 11.5. The highest BCUT2D eigenvalue weighted by Crippen LogP contribution is 2.38.